The summed E-state index contributed by atoms with van der Waals surface area (Å²) in [5, 5.41) is 10.9. The van der Waals surface area contributed by atoms with Crippen LogP contribution in [0.15, 0.2) is 24.3 Å². The molecule has 4 rings (SSSR count). The number of carbonyl (C=O) groups excluding carboxylic acids is 2. The van der Waals surface area contributed by atoms with Crippen LogP contribution in [0.5, 0.6) is 0 Å². The number of hydrogen-bond acceptors (Lipinski definition) is 3. The number of rotatable bonds is 4. The number of para-hydroxylation sites is 1. The number of benzene rings is 1. The highest BCUT2D eigenvalue weighted by Crippen LogP contribution is 2.36. The van der Waals surface area contributed by atoms with Crippen LogP contribution in [0.3, 0.4) is 0 Å². The van der Waals surface area contributed by atoms with Crippen LogP contribution in [0.4, 0.5) is 4.79 Å². The fourth-order valence-corrected chi connectivity index (χ4v) is 3.95. The molecule has 6 heteroatoms. The molecule has 0 radical (unpaired) electrons. The van der Waals surface area contributed by atoms with Crippen molar-refractivity contribution in [2.45, 2.75) is 45.5 Å². The quantitative estimate of drug-likeness (QED) is 0.875. The Balaban J connectivity index is 1.75. The van der Waals surface area contributed by atoms with E-state index in [0.29, 0.717) is 19.5 Å². The van der Waals surface area contributed by atoms with Gasteiger partial charge < -0.3 is 14.6 Å². The maximum absolute atomic E-state index is 12.7. The van der Waals surface area contributed by atoms with Crippen molar-refractivity contribution in [3.63, 3.8) is 0 Å². The lowest BCUT2D eigenvalue weighted by Crippen LogP contribution is -2.40. The molecular formula is C18H21N3O3. The average molecular weight is 327 g/mol. The number of fused-ring (bicyclic) bond motifs is 4. The van der Waals surface area contributed by atoms with E-state index in [4.69, 9.17) is 0 Å². The number of carbonyl (C=O) groups is 2. The van der Waals surface area contributed by atoms with E-state index >= 15 is 0 Å². The first-order chi connectivity index (χ1) is 11.7. The Labute approximate surface area is 140 Å². The molecular weight excluding hydrogens is 306 g/mol. The molecule has 1 unspecified atom stereocenters. The second kappa shape index (κ2) is 5.63. The lowest BCUT2D eigenvalue weighted by molar-refractivity contribution is -0.128. The van der Waals surface area contributed by atoms with Crippen molar-refractivity contribution >= 4 is 22.8 Å². The summed E-state index contributed by atoms with van der Waals surface area (Å²) < 4.78 is 1.84. The Morgan fingerprint density at radius 2 is 2.04 bits per heavy atom. The number of hydrogen-bond donors (Lipinski definition) is 1. The zero-order chi connectivity index (χ0) is 16.8. The predicted molar refractivity (Wildman–Crippen MR) is 89.2 cm³/mol. The third kappa shape index (κ3) is 1.99. The van der Waals surface area contributed by atoms with Crippen molar-refractivity contribution in [3.05, 3.63) is 35.5 Å². The van der Waals surface area contributed by atoms with E-state index in [9.17, 15) is 14.7 Å². The van der Waals surface area contributed by atoms with E-state index in [-0.39, 0.29) is 18.7 Å². The van der Waals surface area contributed by atoms with Gasteiger partial charge in [-0.15, -0.1) is 0 Å². The molecule has 3 heterocycles. The van der Waals surface area contributed by atoms with E-state index in [1.54, 1.807) is 4.90 Å². The van der Waals surface area contributed by atoms with E-state index in [0.717, 1.165) is 35.0 Å². The fraction of sp³-hybridized carbons (Fsp3) is 0.444. The zero-order valence-electron chi connectivity index (χ0n) is 13.7. The Morgan fingerprint density at radius 1 is 1.25 bits per heavy atom. The van der Waals surface area contributed by atoms with Gasteiger partial charge in [0.1, 0.15) is 12.8 Å². The van der Waals surface area contributed by atoms with E-state index in [1.807, 2.05) is 35.8 Å². The SMILES string of the molecule is CCCCN1C(=O)C2Cc3c(n(CO)c4ccccc34)CN2C1=O. The highest BCUT2D eigenvalue weighted by molar-refractivity contribution is 6.05. The van der Waals surface area contributed by atoms with Gasteiger partial charge in [0.05, 0.1) is 12.1 Å². The maximum atomic E-state index is 12.7. The molecule has 3 amide bonds. The van der Waals surface area contributed by atoms with Gasteiger partial charge >= 0.3 is 6.03 Å². The summed E-state index contributed by atoms with van der Waals surface area (Å²) >= 11 is 0. The van der Waals surface area contributed by atoms with Gasteiger partial charge in [-0.25, -0.2) is 4.79 Å². The van der Waals surface area contributed by atoms with Gasteiger partial charge in [-0.3, -0.25) is 9.69 Å². The highest BCUT2D eigenvalue weighted by atomic mass is 16.3. The highest BCUT2D eigenvalue weighted by Gasteiger charge is 2.47. The molecule has 24 heavy (non-hydrogen) atoms. The monoisotopic (exact) mass is 327 g/mol. The molecule has 2 aliphatic heterocycles. The van der Waals surface area contributed by atoms with Crippen LogP contribution in [0.1, 0.15) is 31.0 Å². The minimum atomic E-state index is -0.403. The van der Waals surface area contributed by atoms with Crippen molar-refractivity contribution in [2.75, 3.05) is 6.54 Å². The van der Waals surface area contributed by atoms with Crippen molar-refractivity contribution in [3.8, 4) is 0 Å². The van der Waals surface area contributed by atoms with Gasteiger partial charge in [0.2, 0.25) is 0 Å². The Bertz CT molecular complexity index is 826. The number of aliphatic hydroxyl groups is 1. The molecule has 1 saturated heterocycles. The number of unbranched alkanes of at least 4 members (excludes halogenated alkanes) is 1. The minimum Gasteiger partial charge on any atom is -0.376 e. The fourth-order valence-electron chi connectivity index (χ4n) is 3.95. The van der Waals surface area contributed by atoms with E-state index in [2.05, 4.69) is 0 Å². The summed E-state index contributed by atoms with van der Waals surface area (Å²) in [5.74, 6) is -0.0834. The number of amides is 3. The summed E-state index contributed by atoms with van der Waals surface area (Å²) in [6.07, 6.45) is 2.30. The van der Waals surface area contributed by atoms with Gasteiger partial charge in [-0.1, -0.05) is 31.5 Å². The number of aliphatic hydroxyl groups excluding tert-OH is 1. The van der Waals surface area contributed by atoms with Crippen molar-refractivity contribution in [2.24, 2.45) is 0 Å². The maximum Gasteiger partial charge on any atom is 0.327 e. The van der Waals surface area contributed by atoms with Gasteiger partial charge in [-0.05, 0) is 18.1 Å². The largest absolute Gasteiger partial charge is 0.376 e. The normalized spacial score (nSPS) is 20.0. The van der Waals surface area contributed by atoms with Crippen LogP contribution < -0.4 is 0 Å². The van der Waals surface area contributed by atoms with E-state index in [1.165, 1.54) is 4.90 Å². The third-order valence-electron chi connectivity index (χ3n) is 5.19. The summed E-state index contributed by atoms with van der Waals surface area (Å²) in [4.78, 5) is 28.4. The standard InChI is InChI=1S/C18H21N3O3/c1-2-3-8-19-17(23)15-9-13-12-6-4-5-7-14(12)21(11-22)16(13)10-20(15)18(19)24/h4-7,15,22H,2-3,8-11H2,1H3. The molecule has 6 nitrogen and oxygen atoms in total. The Morgan fingerprint density at radius 3 is 2.79 bits per heavy atom. The van der Waals surface area contributed by atoms with Crippen molar-refractivity contribution in [1.29, 1.82) is 0 Å². The smallest absolute Gasteiger partial charge is 0.327 e. The molecule has 0 spiro atoms. The molecule has 0 bridgehead atoms. The first-order valence-corrected chi connectivity index (χ1v) is 8.49. The van der Waals surface area contributed by atoms with Crippen LogP contribution in [0, 0.1) is 0 Å². The van der Waals surface area contributed by atoms with Gasteiger partial charge in [0.15, 0.2) is 0 Å². The zero-order valence-corrected chi connectivity index (χ0v) is 13.7. The van der Waals surface area contributed by atoms with Crippen LogP contribution in [-0.2, 0) is 24.5 Å². The van der Waals surface area contributed by atoms with Gasteiger partial charge in [0, 0.05) is 24.0 Å². The topological polar surface area (TPSA) is 65.8 Å². The van der Waals surface area contributed by atoms with Crippen LogP contribution >= 0.6 is 0 Å². The number of urea groups is 1. The predicted octanol–water partition coefficient (Wildman–Crippen LogP) is 2.08. The molecule has 1 aromatic carbocycles. The summed E-state index contributed by atoms with van der Waals surface area (Å²) in [7, 11) is 0. The van der Waals surface area contributed by atoms with Crippen LogP contribution in [-0.4, -0.2) is 44.0 Å². The molecule has 126 valence electrons. The van der Waals surface area contributed by atoms with E-state index < -0.39 is 6.04 Å². The summed E-state index contributed by atoms with van der Waals surface area (Å²) in [6, 6.07) is 7.28. The first-order valence-electron chi connectivity index (χ1n) is 8.49. The summed E-state index contributed by atoms with van der Waals surface area (Å²) in [5.41, 5.74) is 2.97. The molecule has 1 N–H and O–H groups in total. The van der Waals surface area contributed by atoms with Crippen LogP contribution in [0.2, 0.25) is 0 Å². The second-order valence-corrected chi connectivity index (χ2v) is 6.49. The Hall–Kier alpha value is -2.34. The summed E-state index contributed by atoms with van der Waals surface area (Å²) in [6.45, 7) is 2.79. The minimum absolute atomic E-state index is 0.0834. The van der Waals surface area contributed by atoms with Crippen molar-refractivity contribution in [1.82, 2.24) is 14.4 Å². The van der Waals surface area contributed by atoms with Crippen molar-refractivity contribution < 1.29 is 14.7 Å². The number of nitrogens with zero attached hydrogens (tertiary/aromatic N) is 3. The lowest BCUT2D eigenvalue weighted by Gasteiger charge is -2.28. The van der Waals surface area contributed by atoms with Gasteiger partial charge in [0.25, 0.3) is 5.91 Å². The molecule has 2 aliphatic rings. The molecule has 1 aromatic heterocycles. The number of aromatic nitrogens is 1. The Kier molecular flexibility index (Phi) is 3.57. The van der Waals surface area contributed by atoms with Crippen LogP contribution in [0.25, 0.3) is 10.9 Å². The molecule has 1 atom stereocenters. The average Bonchev–Trinajstić information content (AvgIpc) is 3.04. The third-order valence-corrected chi connectivity index (χ3v) is 5.19. The number of imide groups is 1. The molecule has 1 fully saturated rings. The second-order valence-electron chi connectivity index (χ2n) is 6.49. The molecule has 0 aliphatic carbocycles. The lowest BCUT2D eigenvalue weighted by atomic mass is 9.97. The molecule has 0 saturated carbocycles. The molecule has 2 aromatic rings. The van der Waals surface area contributed by atoms with Gasteiger partial charge in [-0.2, -0.15) is 0 Å². The first kappa shape index (κ1) is 15.2.